The number of ether oxygens (including phenoxy) is 2. The lowest BCUT2D eigenvalue weighted by molar-refractivity contribution is -0.107. The van der Waals surface area contributed by atoms with Gasteiger partial charge in [-0.15, -0.1) is 11.8 Å². The van der Waals surface area contributed by atoms with Crippen LogP contribution in [0.25, 0.3) is 0 Å². The molecule has 0 N–H and O–H groups in total. The summed E-state index contributed by atoms with van der Waals surface area (Å²) >= 11 is 1.61. The highest BCUT2D eigenvalue weighted by atomic mass is 32.2. The summed E-state index contributed by atoms with van der Waals surface area (Å²) < 4.78 is 10.7. The summed E-state index contributed by atoms with van der Waals surface area (Å²) in [5.74, 6) is 1.48. The van der Waals surface area contributed by atoms with E-state index in [-0.39, 0.29) is 0 Å². The molecule has 1 aromatic carbocycles. The monoisotopic (exact) mass is 240 g/mol. The molecule has 1 rings (SSSR count). The first-order chi connectivity index (χ1) is 7.78. The molecule has 0 fully saturated rings. The van der Waals surface area contributed by atoms with E-state index in [1.807, 2.05) is 18.4 Å². The van der Waals surface area contributed by atoms with Gasteiger partial charge in [-0.05, 0) is 24.3 Å². The molecule has 4 heteroatoms. The predicted octanol–water partition coefficient (Wildman–Crippen LogP) is 2.56. The zero-order valence-corrected chi connectivity index (χ0v) is 10.6. The minimum atomic E-state index is 0.498. The summed E-state index contributed by atoms with van der Waals surface area (Å²) in [7, 11) is 3.24. The largest absolute Gasteiger partial charge is 0.493 e. The Balaban J connectivity index is 3.14. The van der Waals surface area contributed by atoms with E-state index in [2.05, 4.69) is 0 Å². The SMILES string of the molecule is COc1c(CCC=O)ccc(SC)c1OC. The van der Waals surface area contributed by atoms with Crippen LogP contribution in [0.1, 0.15) is 12.0 Å². The molecule has 0 saturated carbocycles. The number of hydrogen-bond donors (Lipinski definition) is 0. The maximum atomic E-state index is 10.4. The standard InChI is InChI=1S/C12H16O3S/c1-14-11-9(5-4-8-13)6-7-10(16-3)12(11)15-2/h6-8H,4-5H2,1-3H3. The van der Waals surface area contributed by atoms with Gasteiger partial charge in [0.1, 0.15) is 6.29 Å². The number of carbonyl (C=O) groups is 1. The van der Waals surface area contributed by atoms with Crippen LogP contribution >= 0.6 is 11.8 Å². The minimum Gasteiger partial charge on any atom is -0.493 e. The van der Waals surface area contributed by atoms with Crippen LogP contribution in [0.3, 0.4) is 0 Å². The first-order valence-electron chi connectivity index (χ1n) is 5.00. The van der Waals surface area contributed by atoms with Crippen LogP contribution in [0.4, 0.5) is 0 Å². The molecule has 0 heterocycles. The molecular formula is C12H16O3S. The summed E-state index contributed by atoms with van der Waals surface area (Å²) in [6.07, 6.45) is 4.08. The van der Waals surface area contributed by atoms with Crippen molar-refractivity contribution in [1.29, 1.82) is 0 Å². The van der Waals surface area contributed by atoms with Gasteiger partial charge >= 0.3 is 0 Å². The van der Waals surface area contributed by atoms with Crippen LogP contribution in [0.2, 0.25) is 0 Å². The highest BCUT2D eigenvalue weighted by Crippen LogP contribution is 2.39. The smallest absolute Gasteiger partial charge is 0.174 e. The van der Waals surface area contributed by atoms with Crippen LogP contribution in [-0.2, 0) is 11.2 Å². The number of aryl methyl sites for hydroxylation is 1. The van der Waals surface area contributed by atoms with Gasteiger partial charge in [0.2, 0.25) is 0 Å². The third-order valence-corrected chi connectivity index (χ3v) is 3.08. The van der Waals surface area contributed by atoms with Gasteiger partial charge in [0.15, 0.2) is 11.5 Å². The van der Waals surface area contributed by atoms with Gasteiger partial charge in [-0.1, -0.05) is 6.07 Å². The van der Waals surface area contributed by atoms with Gasteiger partial charge in [0.25, 0.3) is 0 Å². The highest BCUT2D eigenvalue weighted by Gasteiger charge is 2.13. The van der Waals surface area contributed by atoms with Crippen molar-refractivity contribution in [3.63, 3.8) is 0 Å². The van der Waals surface area contributed by atoms with E-state index < -0.39 is 0 Å². The Morgan fingerprint density at radius 1 is 1.25 bits per heavy atom. The lowest BCUT2D eigenvalue weighted by Crippen LogP contribution is -1.98. The molecule has 88 valence electrons. The van der Waals surface area contributed by atoms with Gasteiger partial charge in [-0.2, -0.15) is 0 Å². The number of aldehydes is 1. The maximum absolute atomic E-state index is 10.4. The molecule has 0 spiro atoms. The quantitative estimate of drug-likeness (QED) is 0.565. The normalized spacial score (nSPS) is 9.94. The molecule has 16 heavy (non-hydrogen) atoms. The van der Waals surface area contributed by atoms with Crippen LogP contribution < -0.4 is 9.47 Å². The lowest BCUT2D eigenvalue weighted by Gasteiger charge is -2.14. The zero-order chi connectivity index (χ0) is 12.0. The van der Waals surface area contributed by atoms with Crippen molar-refractivity contribution in [3.8, 4) is 11.5 Å². The second-order valence-corrected chi connectivity index (χ2v) is 4.05. The number of hydrogen-bond acceptors (Lipinski definition) is 4. The van der Waals surface area contributed by atoms with E-state index in [1.54, 1.807) is 26.0 Å². The number of methoxy groups -OCH3 is 2. The summed E-state index contributed by atoms with van der Waals surface area (Å²) in [6.45, 7) is 0. The van der Waals surface area contributed by atoms with Gasteiger partial charge in [0, 0.05) is 6.42 Å². The van der Waals surface area contributed by atoms with E-state index >= 15 is 0 Å². The van der Waals surface area contributed by atoms with Crippen molar-refractivity contribution in [3.05, 3.63) is 17.7 Å². The van der Waals surface area contributed by atoms with Crippen molar-refractivity contribution in [1.82, 2.24) is 0 Å². The number of rotatable bonds is 6. The average Bonchev–Trinajstić information content (AvgIpc) is 2.34. The van der Waals surface area contributed by atoms with E-state index in [9.17, 15) is 4.79 Å². The average molecular weight is 240 g/mol. The molecule has 0 amide bonds. The summed E-state index contributed by atoms with van der Waals surface area (Å²) in [4.78, 5) is 11.4. The molecule has 0 aliphatic carbocycles. The minimum absolute atomic E-state index is 0.498. The van der Waals surface area contributed by atoms with Gasteiger partial charge < -0.3 is 14.3 Å². The Kier molecular flexibility index (Phi) is 5.19. The molecule has 0 bridgehead atoms. The van der Waals surface area contributed by atoms with Crippen molar-refractivity contribution in [2.45, 2.75) is 17.7 Å². The van der Waals surface area contributed by atoms with Crippen LogP contribution in [0, 0.1) is 0 Å². The van der Waals surface area contributed by atoms with Gasteiger partial charge in [-0.25, -0.2) is 0 Å². The molecule has 3 nitrogen and oxygen atoms in total. The lowest BCUT2D eigenvalue weighted by atomic mass is 10.1. The summed E-state index contributed by atoms with van der Waals surface area (Å²) in [5, 5.41) is 0. The van der Waals surface area contributed by atoms with Gasteiger partial charge in [-0.3, -0.25) is 0 Å². The van der Waals surface area contributed by atoms with Crippen molar-refractivity contribution in [2.24, 2.45) is 0 Å². The molecule has 0 unspecified atom stereocenters. The van der Waals surface area contributed by atoms with Gasteiger partial charge in [0.05, 0.1) is 19.1 Å². The fourth-order valence-corrected chi connectivity index (χ4v) is 2.14. The Bertz CT molecular complexity index is 364. The molecule has 0 radical (unpaired) electrons. The first kappa shape index (κ1) is 12.9. The van der Waals surface area contributed by atoms with E-state index in [0.29, 0.717) is 12.8 Å². The molecule has 0 aliphatic heterocycles. The van der Waals surface area contributed by atoms with Crippen LogP contribution in [0.5, 0.6) is 11.5 Å². The zero-order valence-electron chi connectivity index (χ0n) is 9.78. The fraction of sp³-hybridized carbons (Fsp3) is 0.417. The van der Waals surface area contributed by atoms with E-state index in [1.165, 1.54) is 0 Å². The highest BCUT2D eigenvalue weighted by molar-refractivity contribution is 7.98. The van der Waals surface area contributed by atoms with Crippen LogP contribution in [0.15, 0.2) is 17.0 Å². The Morgan fingerprint density at radius 2 is 1.94 bits per heavy atom. The van der Waals surface area contributed by atoms with Crippen molar-refractivity contribution >= 4 is 18.0 Å². The second kappa shape index (κ2) is 6.43. The second-order valence-electron chi connectivity index (χ2n) is 3.20. The predicted molar refractivity (Wildman–Crippen MR) is 65.7 cm³/mol. The molecule has 1 aromatic rings. The number of carbonyl (C=O) groups excluding carboxylic acids is 1. The molecule has 0 aromatic heterocycles. The molecule has 0 atom stereocenters. The fourth-order valence-electron chi connectivity index (χ4n) is 1.57. The third-order valence-electron chi connectivity index (χ3n) is 2.32. The first-order valence-corrected chi connectivity index (χ1v) is 6.22. The summed E-state index contributed by atoms with van der Waals surface area (Å²) in [5.41, 5.74) is 1.00. The Labute approximate surface area is 100 Å². The Hall–Kier alpha value is -1.16. The maximum Gasteiger partial charge on any atom is 0.174 e. The topological polar surface area (TPSA) is 35.5 Å². The Morgan fingerprint density at radius 3 is 2.44 bits per heavy atom. The van der Waals surface area contributed by atoms with Crippen LogP contribution in [-0.4, -0.2) is 26.8 Å². The van der Waals surface area contributed by atoms with Crippen molar-refractivity contribution < 1.29 is 14.3 Å². The summed E-state index contributed by atoms with van der Waals surface area (Å²) in [6, 6.07) is 3.98. The molecule has 0 aliphatic rings. The van der Waals surface area contributed by atoms with Crippen molar-refractivity contribution in [2.75, 3.05) is 20.5 Å². The van der Waals surface area contributed by atoms with E-state index in [0.717, 1.165) is 28.2 Å². The van der Waals surface area contributed by atoms with E-state index in [4.69, 9.17) is 9.47 Å². The molecular weight excluding hydrogens is 224 g/mol. The molecule has 0 saturated heterocycles. The number of benzene rings is 1. The number of thioether (sulfide) groups is 1. The third kappa shape index (κ3) is 2.70.